The van der Waals surface area contributed by atoms with Crippen molar-refractivity contribution in [2.75, 3.05) is 17.6 Å². The van der Waals surface area contributed by atoms with E-state index < -0.39 is 16.6 Å². The van der Waals surface area contributed by atoms with E-state index in [1.165, 1.54) is 5.57 Å². The molecule has 0 aromatic heterocycles. The van der Waals surface area contributed by atoms with Crippen molar-refractivity contribution in [1.82, 2.24) is 0 Å². The molecule has 3 aromatic rings. The fourth-order valence-electron chi connectivity index (χ4n) is 5.20. The maximum atomic E-state index is 7.00. The molecule has 2 aliphatic heterocycles. The van der Waals surface area contributed by atoms with Crippen LogP contribution in [0.4, 0.5) is 0 Å². The molecule has 0 N–H and O–H groups in total. The maximum absolute atomic E-state index is 7.00. The summed E-state index contributed by atoms with van der Waals surface area (Å²) in [5.41, 5.74) is 5.57. The molecule has 8 heteroatoms. The summed E-state index contributed by atoms with van der Waals surface area (Å²) in [7, 11) is -4.05. The van der Waals surface area contributed by atoms with E-state index in [9.17, 15) is 0 Å². The number of ether oxygens (including phenoxy) is 3. The molecule has 5 rings (SSSR count). The molecule has 2 heterocycles. The fraction of sp³-hybridized carbons (Fsp3) is 0.459. The first-order valence-corrected chi connectivity index (χ1v) is 23.3. The van der Waals surface area contributed by atoms with Crippen molar-refractivity contribution in [2.24, 2.45) is 0 Å². The van der Waals surface area contributed by atoms with Gasteiger partial charge in [-0.2, -0.15) is 0 Å². The summed E-state index contributed by atoms with van der Waals surface area (Å²) in [6.45, 7) is 23.9. The Morgan fingerprint density at radius 3 is 1.96 bits per heavy atom. The SMILES string of the molecule is CC(C)(C)[Si](C)(C)Oc1ccc2c(c1)O[C@H](c1cccc(OCCI)c1)C1=C2CCOc2cc(O[Si](C)(C)C(C)(C)C)ccc21. The minimum atomic E-state index is -2.03. The van der Waals surface area contributed by atoms with Gasteiger partial charge >= 0.3 is 0 Å². The lowest BCUT2D eigenvalue weighted by atomic mass is 9.84. The van der Waals surface area contributed by atoms with Crippen molar-refractivity contribution in [1.29, 1.82) is 0 Å². The molecule has 2 aliphatic rings. The van der Waals surface area contributed by atoms with Crippen molar-refractivity contribution in [3.8, 4) is 28.7 Å². The minimum Gasteiger partial charge on any atom is -0.543 e. The van der Waals surface area contributed by atoms with Gasteiger partial charge in [0.05, 0.1) is 13.2 Å². The highest BCUT2D eigenvalue weighted by Gasteiger charge is 2.41. The number of fused-ring (bicyclic) bond motifs is 4. The zero-order valence-electron chi connectivity index (χ0n) is 28.6. The quantitative estimate of drug-likeness (QED) is 0.130. The smallest absolute Gasteiger partial charge is 0.250 e. The van der Waals surface area contributed by atoms with Gasteiger partial charge in [-0.3, -0.25) is 0 Å². The molecular weight excluding hydrogens is 707 g/mol. The van der Waals surface area contributed by atoms with Crippen LogP contribution in [0.1, 0.15) is 70.8 Å². The first-order chi connectivity index (χ1) is 21.0. The Morgan fingerprint density at radius 1 is 0.756 bits per heavy atom. The molecule has 45 heavy (non-hydrogen) atoms. The van der Waals surface area contributed by atoms with Crippen molar-refractivity contribution in [3.63, 3.8) is 0 Å². The number of alkyl halides is 1. The summed E-state index contributed by atoms with van der Waals surface area (Å²) < 4.78 is 33.9. The van der Waals surface area contributed by atoms with Gasteiger partial charge in [0, 0.05) is 45.2 Å². The third-order valence-electron chi connectivity index (χ3n) is 9.83. The van der Waals surface area contributed by atoms with E-state index in [1.54, 1.807) is 0 Å². The Balaban J connectivity index is 1.63. The van der Waals surface area contributed by atoms with Crippen LogP contribution in [0.2, 0.25) is 36.3 Å². The van der Waals surface area contributed by atoms with Crippen molar-refractivity contribution in [3.05, 3.63) is 77.4 Å². The van der Waals surface area contributed by atoms with Gasteiger partial charge in [-0.15, -0.1) is 0 Å². The lowest BCUT2D eigenvalue weighted by Crippen LogP contribution is -2.43. The zero-order chi connectivity index (χ0) is 32.8. The normalized spacial score (nSPS) is 16.8. The van der Waals surface area contributed by atoms with E-state index in [0.29, 0.717) is 13.2 Å². The van der Waals surface area contributed by atoms with Gasteiger partial charge in [0.15, 0.2) is 6.10 Å². The first-order valence-electron chi connectivity index (χ1n) is 16.0. The van der Waals surface area contributed by atoms with Gasteiger partial charge < -0.3 is 23.1 Å². The molecule has 0 saturated carbocycles. The average molecular weight is 757 g/mol. The summed E-state index contributed by atoms with van der Waals surface area (Å²) in [5.74, 6) is 4.25. The van der Waals surface area contributed by atoms with Crippen molar-refractivity contribution < 1.29 is 23.1 Å². The van der Waals surface area contributed by atoms with Crippen LogP contribution in [0.5, 0.6) is 28.7 Å². The van der Waals surface area contributed by atoms with Crippen LogP contribution in [-0.4, -0.2) is 34.3 Å². The third-order valence-corrected chi connectivity index (χ3v) is 19.0. The Labute approximate surface area is 286 Å². The number of benzene rings is 3. The zero-order valence-corrected chi connectivity index (χ0v) is 32.8. The molecule has 3 aromatic carbocycles. The monoisotopic (exact) mass is 756 g/mol. The van der Waals surface area contributed by atoms with Gasteiger partial charge in [0.1, 0.15) is 28.7 Å². The van der Waals surface area contributed by atoms with Gasteiger partial charge in [-0.25, -0.2) is 0 Å². The van der Waals surface area contributed by atoms with Gasteiger partial charge in [-0.1, -0.05) is 76.3 Å². The number of halogens is 1. The van der Waals surface area contributed by atoms with Crippen molar-refractivity contribution in [2.45, 2.75) is 90.3 Å². The standard InChI is InChI=1S/C37H49IO5Si2/c1-36(2,3)44(7,8)42-27-15-17-31-32(23-27)40-20-18-30-29-16-14-28(43-45(9,10)37(4,5)6)24-33(29)41-35(34(30)31)25-12-11-13-26(22-25)39-21-19-38/h11-17,22-24,35H,18-21H2,1-10H3/t35-/m1/s1. The molecule has 1 atom stereocenters. The molecule has 0 amide bonds. The highest BCUT2D eigenvalue weighted by Crippen LogP contribution is 2.53. The molecule has 242 valence electrons. The summed E-state index contributed by atoms with van der Waals surface area (Å²) >= 11 is 2.34. The maximum Gasteiger partial charge on any atom is 0.250 e. The summed E-state index contributed by atoms with van der Waals surface area (Å²) in [6, 6.07) is 21.0. The van der Waals surface area contributed by atoms with Gasteiger partial charge in [-0.05, 0) is 78.2 Å². The number of hydrogen-bond donors (Lipinski definition) is 0. The third kappa shape index (κ3) is 7.12. The average Bonchev–Trinajstić information content (AvgIpc) is 3.13. The second-order valence-electron chi connectivity index (χ2n) is 15.1. The molecule has 5 nitrogen and oxygen atoms in total. The van der Waals surface area contributed by atoms with Crippen LogP contribution in [0.25, 0.3) is 11.1 Å². The molecule has 0 unspecified atom stereocenters. The Hall–Kier alpha value is -2.44. The Kier molecular flexibility index (Phi) is 9.52. The Bertz CT molecular complexity index is 1580. The highest BCUT2D eigenvalue weighted by molar-refractivity contribution is 14.1. The van der Waals surface area contributed by atoms with E-state index >= 15 is 0 Å². The fourth-order valence-corrected chi connectivity index (χ4v) is 7.47. The lowest BCUT2D eigenvalue weighted by Gasteiger charge is -2.37. The topological polar surface area (TPSA) is 46.2 Å². The van der Waals surface area contributed by atoms with Crippen LogP contribution in [0.15, 0.2) is 60.7 Å². The summed E-state index contributed by atoms with van der Waals surface area (Å²) in [5, 5.41) is 0.190. The molecule has 0 aliphatic carbocycles. The molecule has 0 fully saturated rings. The largest absolute Gasteiger partial charge is 0.543 e. The van der Waals surface area contributed by atoms with E-state index in [2.05, 4.69) is 145 Å². The van der Waals surface area contributed by atoms with E-state index in [1.807, 2.05) is 6.07 Å². The number of hydrogen-bond acceptors (Lipinski definition) is 5. The lowest BCUT2D eigenvalue weighted by molar-refractivity contribution is 0.258. The molecular formula is C37H49IO5Si2. The van der Waals surface area contributed by atoms with E-state index in [-0.39, 0.29) is 16.2 Å². The van der Waals surface area contributed by atoms with E-state index in [4.69, 9.17) is 23.1 Å². The van der Waals surface area contributed by atoms with Gasteiger partial charge in [0.2, 0.25) is 16.6 Å². The first kappa shape index (κ1) is 33.9. The van der Waals surface area contributed by atoms with Crippen LogP contribution in [-0.2, 0) is 0 Å². The predicted octanol–water partition coefficient (Wildman–Crippen LogP) is 11.1. The predicted molar refractivity (Wildman–Crippen MR) is 200 cm³/mol. The van der Waals surface area contributed by atoms with Gasteiger partial charge in [0.25, 0.3) is 0 Å². The van der Waals surface area contributed by atoms with Crippen LogP contribution in [0.3, 0.4) is 0 Å². The second-order valence-corrected chi connectivity index (χ2v) is 25.7. The minimum absolute atomic E-state index is 0.0931. The van der Waals surface area contributed by atoms with Crippen LogP contribution >= 0.6 is 22.6 Å². The van der Waals surface area contributed by atoms with Crippen molar-refractivity contribution >= 4 is 50.4 Å². The van der Waals surface area contributed by atoms with Crippen LogP contribution < -0.4 is 23.1 Å². The molecule has 0 bridgehead atoms. The molecule has 0 radical (unpaired) electrons. The second kappa shape index (κ2) is 12.6. The highest BCUT2D eigenvalue weighted by atomic mass is 127. The summed E-state index contributed by atoms with van der Waals surface area (Å²) in [4.78, 5) is 0. The number of rotatable bonds is 8. The molecule has 0 spiro atoms. The van der Waals surface area contributed by atoms with Crippen LogP contribution in [0, 0.1) is 0 Å². The van der Waals surface area contributed by atoms with E-state index in [0.717, 1.165) is 61.9 Å². The summed E-state index contributed by atoms with van der Waals surface area (Å²) in [6.07, 6.45) is 0.425. The molecule has 0 saturated heterocycles. The Morgan fingerprint density at radius 2 is 1.36 bits per heavy atom.